The van der Waals surface area contributed by atoms with Gasteiger partial charge in [0.15, 0.2) is 0 Å². The van der Waals surface area contributed by atoms with Gasteiger partial charge in [-0.1, -0.05) is 24.6 Å². The second-order valence-electron chi connectivity index (χ2n) is 2.97. The van der Waals surface area contributed by atoms with Crippen LogP contribution >= 0.6 is 11.6 Å². The number of nitrogens with one attached hydrogen (secondary N) is 3. The van der Waals surface area contributed by atoms with Crippen LogP contribution in [-0.4, -0.2) is 6.54 Å². The minimum Gasteiger partial charge on any atom is -0.389 e. The third-order valence-electron chi connectivity index (χ3n) is 1.48. The Kier molecular flexibility index (Phi) is 7.84. The topological polar surface area (TPSA) is 36.1 Å². The smallest absolute Gasteiger partial charge is 0.0334 e. The highest BCUT2D eigenvalue weighted by molar-refractivity contribution is 6.29. The molecule has 0 bridgehead atoms. The first-order chi connectivity index (χ1) is 6.66. The summed E-state index contributed by atoms with van der Waals surface area (Å²) in [7, 11) is 0. The number of hydrogen-bond acceptors (Lipinski definition) is 3. The zero-order chi connectivity index (χ0) is 10.8. The van der Waals surface area contributed by atoms with Gasteiger partial charge in [-0.05, 0) is 12.8 Å². The first-order valence-corrected chi connectivity index (χ1v) is 4.89. The van der Waals surface area contributed by atoms with Gasteiger partial charge >= 0.3 is 0 Å². The average molecular weight is 216 g/mol. The van der Waals surface area contributed by atoms with E-state index >= 15 is 0 Å². The summed E-state index contributed by atoms with van der Waals surface area (Å²) in [4.78, 5) is 0. The number of allylic oxidation sites excluding steroid dienone is 1. The Bertz CT molecular complexity index is 207. The Balaban J connectivity index is 3.36. The Morgan fingerprint density at radius 2 is 2.14 bits per heavy atom. The summed E-state index contributed by atoms with van der Waals surface area (Å²) in [6.07, 6.45) is 7.15. The van der Waals surface area contributed by atoms with E-state index in [-0.39, 0.29) is 0 Å². The van der Waals surface area contributed by atoms with Gasteiger partial charge < -0.3 is 16.2 Å². The molecule has 3 nitrogen and oxygen atoms in total. The van der Waals surface area contributed by atoms with Crippen molar-refractivity contribution in [1.29, 1.82) is 0 Å². The van der Waals surface area contributed by atoms with E-state index in [0.717, 1.165) is 6.54 Å². The summed E-state index contributed by atoms with van der Waals surface area (Å²) in [6, 6.07) is 0. The first kappa shape index (κ1) is 12.9. The summed E-state index contributed by atoms with van der Waals surface area (Å²) in [5.74, 6) is 0.470. The molecule has 0 aromatic heterocycles. The minimum atomic E-state index is 0.470. The van der Waals surface area contributed by atoms with Gasteiger partial charge in [0.2, 0.25) is 0 Å². The van der Waals surface area contributed by atoms with E-state index in [1.807, 2.05) is 12.3 Å². The Morgan fingerprint density at radius 3 is 2.71 bits per heavy atom. The first-order valence-electron chi connectivity index (χ1n) is 4.51. The molecule has 0 aromatic rings. The molecule has 1 atom stereocenters. The van der Waals surface area contributed by atoms with Gasteiger partial charge in [-0.25, -0.2) is 0 Å². The SMILES string of the molecule is C=CC(C)CN/C=C/NN/C=C(\C)Cl. The van der Waals surface area contributed by atoms with Crippen LogP contribution < -0.4 is 16.2 Å². The molecule has 14 heavy (non-hydrogen) atoms. The van der Waals surface area contributed by atoms with E-state index in [2.05, 4.69) is 29.7 Å². The molecule has 0 fully saturated rings. The monoisotopic (exact) mass is 215 g/mol. The molecule has 0 aromatic carbocycles. The van der Waals surface area contributed by atoms with E-state index in [1.165, 1.54) is 0 Å². The van der Waals surface area contributed by atoms with Crippen LogP contribution in [0.25, 0.3) is 0 Å². The summed E-state index contributed by atoms with van der Waals surface area (Å²) >= 11 is 5.59. The zero-order valence-corrected chi connectivity index (χ0v) is 9.43. The van der Waals surface area contributed by atoms with Crippen LogP contribution in [0.15, 0.2) is 36.3 Å². The molecule has 0 radical (unpaired) electrons. The normalized spacial score (nSPS) is 13.8. The van der Waals surface area contributed by atoms with Crippen LogP contribution in [0.4, 0.5) is 0 Å². The highest BCUT2D eigenvalue weighted by Crippen LogP contribution is 1.93. The van der Waals surface area contributed by atoms with Crippen LogP contribution in [0.3, 0.4) is 0 Å². The summed E-state index contributed by atoms with van der Waals surface area (Å²) < 4.78 is 0. The fraction of sp³-hybridized carbons (Fsp3) is 0.400. The number of hydrogen-bond donors (Lipinski definition) is 3. The minimum absolute atomic E-state index is 0.470. The molecule has 4 heteroatoms. The predicted molar refractivity (Wildman–Crippen MR) is 62.4 cm³/mol. The highest BCUT2D eigenvalue weighted by Gasteiger charge is 1.89. The van der Waals surface area contributed by atoms with Crippen molar-refractivity contribution < 1.29 is 0 Å². The molecule has 0 rings (SSSR count). The van der Waals surface area contributed by atoms with Crippen LogP contribution in [0.5, 0.6) is 0 Å². The lowest BCUT2D eigenvalue weighted by Gasteiger charge is -2.04. The molecule has 0 saturated carbocycles. The molecule has 3 N–H and O–H groups in total. The molecule has 1 unspecified atom stereocenters. The lowest BCUT2D eigenvalue weighted by Crippen LogP contribution is -2.22. The molecule has 0 saturated heterocycles. The van der Waals surface area contributed by atoms with Crippen LogP contribution in [0.2, 0.25) is 0 Å². The van der Waals surface area contributed by atoms with Crippen molar-refractivity contribution in [2.24, 2.45) is 5.92 Å². The Morgan fingerprint density at radius 1 is 1.43 bits per heavy atom. The van der Waals surface area contributed by atoms with E-state index in [0.29, 0.717) is 11.0 Å². The number of rotatable bonds is 7. The van der Waals surface area contributed by atoms with E-state index < -0.39 is 0 Å². The maximum atomic E-state index is 5.59. The summed E-state index contributed by atoms with van der Waals surface area (Å²) in [6.45, 7) is 8.47. The maximum Gasteiger partial charge on any atom is 0.0334 e. The van der Waals surface area contributed by atoms with Crippen molar-refractivity contribution in [3.8, 4) is 0 Å². The molecular weight excluding hydrogens is 198 g/mol. The van der Waals surface area contributed by atoms with E-state index in [9.17, 15) is 0 Å². The Labute approximate surface area is 90.9 Å². The quantitative estimate of drug-likeness (QED) is 0.346. The fourth-order valence-corrected chi connectivity index (χ4v) is 0.682. The van der Waals surface area contributed by atoms with E-state index in [4.69, 9.17) is 11.6 Å². The molecule has 0 aliphatic heterocycles. The molecule has 0 heterocycles. The molecule has 0 aliphatic carbocycles. The van der Waals surface area contributed by atoms with Gasteiger partial charge in [0.1, 0.15) is 0 Å². The lowest BCUT2D eigenvalue weighted by molar-refractivity contribution is 0.666. The summed E-state index contributed by atoms with van der Waals surface area (Å²) in [5.41, 5.74) is 5.62. The van der Waals surface area contributed by atoms with Crippen molar-refractivity contribution >= 4 is 11.6 Å². The van der Waals surface area contributed by atoms with Crippen molar-refractivity contribution in [2.45, 2.75) is 13.8 Å². The third kappa shape index (κ3) is 9.00. The molecule has 0 spiro atoms. The second-order valence-corrected chi connectivity index (χ2v) is 3.57. The van der Waals surface area contributed by atoms with Gasteiger partial charge in [0.25, 0.3) is 0 Å². The predicted octanol–water partition coefficient (Wildman–Crippen LogP) is 2.06. The largest absolute Gasteiger partial charge is 0.389 e. The van der Waals surface area contributed by atoms with Crippen LogP contribution in [0, 0.1) is 5.92 Å². The third-order valence-corrected chi connectivity index (χ3v) is 1.59. The Hall–Kier alpha value is -1.09. The van der Waals surface area contributed by atoms with Crippen LogP contribution in [0.1, 0.15) is 13.8 Å². The van der Waals surface area contributed by atoms with Gasteiger partial charge in [-0.2, -0.15) is 0 Å². The summed E-state index contributed by atoms with van der Waals surface area (Å²) in [5, 5.41) is 3.81. The van der Waals surface area contributed by atoms with Crippen molar-refractivity contribution in [3.05, 3.63) is 36.3 Å². The fourth-order valence-electron chi connectivity index (χ4n) is 0.627. The van der Waals surface area contributed by atoms with Gasteiger partial charge in [-0.15, -0.1) is 6.58 Å². The van der Waals surface area contributed by atoms with Gasteiger partial charge in [0.05, 0.1) is 0 Å². The lowest BCUT2D eigenvalue weighted by atomic mass is 10.2. The standard InChI is InChI=1S/C10H18ClN3/c1-4-9(2)7-12-5-6-13-14-8-10(3)11/h4-6,8-9,12-14H,1,7H2,2-3H3/b6-5+,10-8+. The van der Waals surface area contributed by atoms with Crippen molar-refractivity contribution in [3.63, 3.8) is 0 Å². The molecule has 0 aliphatic rings. The van der Waals surface area contributed by atoms with Gasteiger partial charge in [0, 0.05) is 30.2 Å². The molecule has 80 valence electrons. The van der Waals surface area contributed by atoms with Crippen molar-refractivity contribution in [2.75, 3.05) is 6.54 Å². The average Bonchev–Trinajstić information content (AvgIpc) is 2.15. The molecule has 0 amide bonds. The second kappa shape index (κ2) is 8.51. The maximum absolute atomic E-state index is 5.59. The highest BCUT2D eigenvalue weighted by atomic mass is 35.5. The zero-order valence-electron chi connectivity index (χ0n) is 8.68. The molecular formula is C10H18ClN3. The van der Waals surface area contributed by atoms with Crippen LogP contribution in [-0.2, 0) is 0 Å². The number of hydrazine groups is 1. The van der Waals surface area contributed by atoms with Gasteiger partial charge in [-0.3, -0.25) is 0 Å². The number of halogens is 1. The van der Waals surface area contributed by atoms with Crippen molar-refractivity contribution in [1.82, 2.24) is 16.2 Å². The van der Waals surface area contributed by atoms with E-state index in [1.54, 1.807) is 19.3 Å².